The quantitative estimate of drug-likeness (QED) is 0.187. The van der Waals surface area contributed by atoms with E-state index in [-0.39, 0.29) is 22.8 Å². The summed E-state index contributed by atoms with van der Waals surface area (Å²) in [5.41, 5.74) is 1.73. The van der Waals surface area contributed by atoms with Gasteiger partial charge in [0.25, 0.3) is 5.91 Å². The number of thiophene rings is 1. The zero-order valence-corrected chi connectivity index (χ0v) is 21.6. The maximum Gasteiger partial charge on any atom is 0.336 e. The molecule has 0 atom stereocenters. The number of carbonyl (C=O) groups excluding carboxylic acids is 2. The van der Waals surface area contributed by atoms with E-state index in [0.717, 1.165) is 15.5 Å². The van der Waals surface area contributed by atoms with Crippen LogP contribution in [0.1, 0.15) is 20.7 Å². The Morgan fingerprint density at radius 1 is 0.892 bits per heavy atom. The van der Waals surface area contributed by atoms with Crippen molar-refractivity contribution < 1.29 is 19.5 Å². The number of hydrogen-bond donors (Lipinski definition) is 3. The van der Waals surface area contributed by atoms with E-state index in [4.69, 9.17) is 0 Å². The Hall–Kier alpha value is -3.99. The van der Waals surface area contributed by atoms with E-state index < -0.39 is 11.9 Å². The summed E-state index contributed by atoms with van der Waals surface area (Å²) < 4.78 is 0. The molecule has 37 heavy (non-hydrogen) atoms. The monoisotopic (exact) mass is 545 g/mol. The van der Waals surface area contributed by atoms with Crippen molar-refractivity contribution in [3.05, 3.63) is 94.7 Å². The highest BCUT2D eigenvalue weighted by Gasteiger charge is 2.17. The summed E-state index contributed by atoms with van der Waals surface area (Å²) in [5.74, 6) is -1.51. The lowest BCUT2D eigenvalue weighted by molar-refractivity contribution is -0.113. The van der Waals surface area contributed by atoms with Crippen molar-refractivity contribution in [3.8, 4) is 10.6 Å². The van der Waals surface area contributed by atoms with Crippen molar-refractivity contribution in [1.29, 1.82) is 0 Å². The molecule has 10 heteroatoms. The van der Waals surface area contributed by atoms with Gasteiger partial charge in [0.1, 0.15) is 0 Å². The Balaban J connectivity index is 1.24. The predicted octanol–water partition coefficient (Wildman–Crippen LogP) is 6.71. The van der Waals surface area contributed by atoms with Gasteiger partial charge in [-0.2, -0.15) is 0 Å². The fourth-order valence-electron chi connectivity index (χ4n) is 3.74. The van der Waals surface area contributed by atoms with Crippen LogP contribution in [-0.4, -0.2) is 33.6 Å². The van der Waals surface area contributed by atoms with E-state index in [1.165, 1.54) is 29.2 Å². The minimum atomic E-state index is -1.09. The first-order valence-corrected chi connectivity index (χ1v) is 13.8. The van der Waals surface area contributed by atoms with Crippen molar-refractivity contribution in [2.24, 2.45) is 0 Å². The summed E-state index contributed by atoms with van der Waals surface area (Å²) in [7, 11) is 0. The molecule has 0 saturated heterocycles. The fourth-order valence-corrected chi connectivity index (χ4v) is 5.99. The third kappa shape index (κ3) is 5.72. The van der Waals surface area contributed by atoms with Gasteiger partial charge in [0.2, 0.25) is 5.91 Å². The van der Waals surface area contributed by atoms with Gasteiger partial charge in [-0.05, 0) is 47.2 Å². The molecule has 0 aliphatic carbocycles. The Bertz CT molecular complexity index is 1610. The number of nitrogens with one attached hydrogen (secondary N) is 2. The molecular weight excluding hydrogens is 527 g/mol. The Morgan fingerprint density at radius 3 is 2.43 bits per heavy atom. The van der Waals surface area contributed by atoms with Gasteiger partial charge in [-0.15, -0.1) is 34.4 Å². The smallest absolute Gasteiger partial charge is 0.336 e. The van der Waals surface area contributed by atoms with Crippen LogP contribution in [0.25, 0.3) is 21.3 Å². The van der Waals surface area contributed by atoms with Crippen LogP contribution in [0.2, 0.25) is 0 Å². The van der Waals surface area contributed by atoms with Gasteiger partial charge in [0, 0.05) is 26.9 Å². The van der Waals surface area contributed by atoms with E-state index in [1.54, 1.807) is 59.9 Å². The number of thioether (sulfide) groups is 1. The molecule has 0 saturated carbocycles. The van der Waals surface area contributed by atoms with Crippen molar-refractivity contribution in [2.45, 2.75) is 4.90 Å². The van der Waals surface area contributed by atoms with Crippen molar-refractivity contribution in [1.82, 2.24) is 4.98 Å². The molecule has 3 aromatic carbocycles. The van der Waals surface area contributed by atoms with Crippen LogP contribution in [-0.2, 0) is 4.79 Å². The predicted molar refractivity (Wildman–Crippen MR) is 150 cm³/mol. The number of anilines is 2. The number of rotatable bonds is 8. The van der Waals surface area contributed by atoms with Crippen LogP contribution >= 0.6 is 34.4 Å². The lowest BCUT2D eigenvalue weighted by Gasteiger charge is -2.11. The molecule has 184 valence electrons. The highest BCUT2D eigenvalue weighted by Crippen LogP contribution is 2.29. The van der Waals surface area contributed by atoms with Crippen LogP contribution in [0.3, 0.4) is 0 Å². The number of aromatic nitrogens is 1. The minimum Gasteiger partial charge on any atom is -0.478 e. The molecule has 0 aliphatic heterocycles. The first-order valence-electron chi connectivity index (χ1n) is 11.1. The van der Waals surface area contributed by atoms with Crippen LogP contribution in [0.5, 0.6) is 0 Å². The zero-order chi connectivity index (χ0) is 25.8. The number of fused-ring (bicyclic) bond motifs is 1. The Kier molecular flexibility index (Phi) is 7.31. The average Bonchev–Trinajstić information content (AvgIpc) is 3.59. The molecule has 0 fully saturated rings. The standard InChI is InChI=1S/C27H19N3O4S3/c31-23(30-27-29-21(14-37-27)22-11-4-12-35-22)15-36-18-8-3-7-17(13-18)28-25(32)19-9-1-5-16-6-2-10-20(24(16)19)26(33)34/h1-14H,15H2,(H,28,32)(H,33,34)(H,29,30,31). The van der Waals surface area contributed by atoms with Gasteiger partial charge >= 0.3 is 5.97 Å². The van der Waals surface area contributed by atoms with Crippen LogP contribution in [0.4, 0.5) is 10.8 Å². The second-order valence-electron chi connectivity index (χ2n) is 7.85. The van der Waals surface area contributed by atoms with E-state index in [2.05, 4.69) is 15.6 Å². The molecule has 5 rings (SSSR count). The van der Waals surface area contributed by atoms with E-state index in [9.17, 15) is 19.5 Å². The first-order chi connectivity index (χ1) is 18.0. The van der Waals surface area contributed by atoms with Gasteiger partial charge in [-0.25, -0.2) is 9.78 Å². The third-order valence-corrected chi connectivity index (χ3v) is 8.01. The van der Waals surface area contributed by atoms with Crippen molar-refractivity contribution >= 4 is 73.8 Å². The van der Waals surface area contributed by atoms with Crippen LogP contribution in [0, 0.1) is 0 Å². The molecule has 2 heterocycles. The van der Waals surface area contributed by atoms with Gasteiger partial charge in [0.15, 0.2) is 5.13 Å². The molecule has 5 aromatic rings. The number of carboxylic acid groups (broad SMARTS) is 1. The molecule has 7 nitrogen and oxygen atoms in total. The first kappa shape index (κ1) is 24.7. The molecule has 0 aliphatic rings. The molecular formula is C27H19N3O4S3. The number of hydrogen-bond acceptors (Lipinski definition) is 7. The highest BCUT2D eigenvalue weighted by molar-refractivity contribution is 8.00. The maximum absolute atomic E-state index is 13.1. The Morgan fingerprint density at radius 2 is 1.68 bits per heavy atom. The SMILES string of the molecule is O=C(CSc1cccc(NC(=O)c2cccc3cccc(C(=O)O)c23)c1)Nc1nc(-c2cccs2)cs1. The molecule has 0 spiro atoms. The summed E-state index contributed by atoms with van der Waals surface area (Å²) in [4.78, 5) is 43.6. The summed E-state index contributed by atoms with van der Waals surface area (Å²) in [6, 6.07) is 21.1. The fraction of sp³-hybridized carbons (Fsp3) is 0.0370. The average molecular weight is 546 g/mol. The lowest BCUT2D eigenvalue weighted by atomic mass is 9.98. The topological polar surface area (TPSA) is 108 Å². The van der Waals surface area contributed by atoms with Gasteiger partial charge in [-0.1, -0.05) is 36.4 Å². The molecule has 2 aromatic heterocycles. The number of benzene rings is 3. The van der Waals surface area contributed by atoms with E-state index in [1.807, 2.05) is 29.0 Å². The normalized spacial score (nSPS) is 10.8. The third-order valence-electron chi connectivity index (χ3n) is 5.37. The molecule has 3 N–H and O–H groups in total. The number of carbonyl (C=O) groups is 3. The van der Waals surface area contributed by atoms with E-state index in [0.29, 0.717) is 21.6 Å². The second kappa shape index (κ2) is 11.0. The summed E-state index contributed by atoms with van der Waals surface area (Å²) in [5, 5.41) is 20.8. The number of thiazole rings is 1. The molecule has 0 radical (unpaired) electrons. The van der Waals surface area contributed by atoms with Gasteiger partial charge in [0.05, 0.1) is 21.9 Å². The molecule has 0 unspecified atom stereocenters. The number of aromatic carboxylic acids is 1. The maximum atomic E-state index is 13.1. The van der Waals surface area contributed by atoms with E-state index >= 15 is 0 Å². The lowest BCUT2D eigenvalue weighted by Crippen LogP contribution is -2.14. The van der Waals surface area contributed by atoms with Gasteiger partial charge in [-0.3, -0.25) is 9.59 Å². The summed E-state index contributed by atoms with van der Waals surface area (Å²) in [6.45, 7) is 0. The number of carboxylic acids is 1. The molecule has 0 bridgehead atoms. The minimum absolute atomic E-state index is 0.0707. The van der Waals surface area contributed by atoms with Crippen LogP contribution < -0.4 is 10.6 Å². The molecule has 2 amide bonds. The van der Waals surface area contributed by atoms with Crippen molar-refractivity contribution in [3.63, 3.8) is 0 Å². The summed E-state index contributed by atoms with van der Waals surface area (Å²) in [6.07, 6.45) is 0. The second-order valence-corrected chi connectivity index (χ2v) is 10.7. The van der Waals surface area contributed by atoms with Crippen molar-refractivity contribution in [2.75, 3.05) is 16.4 Å². The highest BCUT2D eigenvalue weighted by atomic mass is 32.2. The number of amides is 2. The Labute approximate surface area is 224 Å². The summed E-state index contributed by atoms with van der Waals surface area (Å²) >= 11 is 4.31. The van der Waals surface area contributed by atoms with Gasteiger partial charge < -0.3 is 15.7 Å². The number of nitrogens with zero attached hydrogens (tertiary/aromatic N) is 1. The zero-order valence-electron chi connectivity index (χ0n) is 19.1. The largest absolute Gasteiger partial charge is 0.478 e. The van der Waals surface area contributed by atoms with Crippen LogP contribution in [0.15, 0.2) is 88.5 Å².